The fourth-order valence-corrected chi connectivity index (χ4v) is 2.82. The molecule has 0 saturated carbocycles. The fraction of sp³-hybridized carbons (Fsp3) is 0.381. The second-order valence-electron chi connectivity index (χ2n) is 6.16. The third kappa shape index (κ3) is 5.41. The SMILES string of the molecule is COc1ccc(CCNC(=O)CC(C)c2ccc(OC)cc2OC)cc1. The van der Waals surface area contributed by atoms with E-state index < -0.39 is 0 Å². The van der Waals surface area contributed by atoms with Crippen molar-refractivity contribution in [2.24, 2.45) is 0 Å². The third-order valence-electron chi connectivity index (χ3n) is 4.36. The molecule has 1 N–H and O–H groups in total. The van der Waals surface area contributed by atoms with E-state index in [1.807, 2.05) is 49.4 Å². The Labute approximate surface area is 155 Å². The predicted octanol–water partition coefficient (Wildman–Crippen LogP) is 3.56. The molecule has 5 heteroatoms. The first-order valence-corrected chi connectivity index (χ1v) is 8.69. The van der Waals surface area contributed by atoms with Gasteiger partial charge in [-0.05, 0) is 41.7 Å². The van der Waals surface area contributed by atoms with E-state index in [9.17, 15) is 4.79 Å². The van der Waals surface area contributed by atoms with Gasteiger partial charge in [0.2, 0.25) is 5.91 Å². The Morgan fingerprint density at radius 3 is 2.23 bits per heavy atom. The first-order valence-electron chi connectivity index (χ1n) is 8.69. The Morgan fingerprint density at radius 1 is 0.962 bits per heavy atom. The molecular weight excluding hydrogens is 330 g/mol. The van der Waals surface area contributed by atoms with Crippen LogP contribution in [0.1, 0.15) is 30.4 Å². The van der Waals surface area contributed by atoms with Gasteiger partial charge in [0.1, 0.15) is 17.2 Å². The second kappa shape index (κ2) is 9.70. The van der Waals surface area contributed by atoms with Crippen LogP contribution in [0.3, 0.4) is 0 Å². The summed E-state index contributed by atoms with van der Waals surface area (Å²) in [6.45, 7) is 2.63. The molecule has 0 radical (unpaired) electrons. The highest BCUT2D eigenvalue weighted by Gasteiger charge is 2.16. The van der Waals surface area contributed by atoms with Crippen LogP contribution in [0.4, 0.5) is 0 Å². The van der Waals surface area contributed by atoms with Crippen molar-refractivity contribution in [2.45, 2.75) is 25.7 Å². The first-order chi connectivity index (χ1) is 12.6. The lowest BCUT2D eigenvalue weighted by Gasteiger charge is -2.16. The molecule has 0 bridgehead atoms. The van der Waals surface area contributed by atoms with Gasteiger partial charge in [-0.3, -0.25) is 4.79 Å². The van der Waals surface area contributed by atoms with Gasteiger partial charge in [-0.25, -0.2) is 0 Å². The number of ether oxygens (including phenoxy) is 3. The molecule has 1 amide bonds. The Hall–Kier alpha value is -2.69. The van der Waals surface area contributed by atoms with Crippen LogP contribution < -0.4 is 19.5 Å². The van der Waals surface area contributed by atoms with Crippen molar-refractivity contribution in [1.29, 1.82) is 0 Å². The number of hydrogen-bond donors (Lipinski definition) is 1. The molecule has 0 heterocycles. The lowest BCUT2D eigenvalue weighted by molar-refractivity contribution is -0.121. The number of methoxy groups -OCH3 is 3. The Morgan fingerprint density at radius 2 is 1.62 bits per heavy atom. The summed E-state index contributed by atoms with van der Waals surface area (Å²) in [6, 6.07) is 13.5. The minimum absolute atomic E-state index is 0.0314. The molecule has 26 heavy (non-hydrogen) atoms. The predicted molar refractivity (Wildman–Crippen MR) is 102 cm³/mol. The second-order valence-corrected chi connectivity index (χ2v) is 6.16. The smallest absolute Gasteiger partial charge is 0.220 e. The molecule has 0 spiro atoms. The van der Waals surface area contributed by atoms with Crippen LogP contribution in [0, 0.1) is 0 Å². The van der Waals surface area contributed by atoms with Gasteiger partial charge >= 0.3 is 0 Å². The van der Waals surface area contributed by atoms with Gasteiger partial charge in [0.25, 0.3) is 0 Å². The van der Waals surface area contributed by atoms with E-state index in [1.54, 1.807) is 21.3 Å². The van der Waals surface area contributed by atoms with Crippen LogP contribution in [0.15, 0.2) is 42.5 Å². The highest BCUT2D eigenvalue weighted by atomic mass is 16.5. The molecule has 0 aliphatic heterocycles. The maximum atomic E-state index is 12.2. The van der Waals surface area contributed by atoms with Crippen molar-refractivity contribution in [1.82, 2.24) is 5.32 Å². The monoisotopic (exact) mass is 357 g/mol. The topological polar surface area (TPSA) is 56.8 Å². The van der Waals surface area contributed by atoms with E-state index in [4.69, 9.17) is 14.2 Å². The van der Waals surface area contributed by atoms with Crippen LogP contribution in [-0.4, -0.2) is 33.8 Å². The largest absolute Gasteiger partial charge is 0.497 e. The average molecular weight is 357 g/mol. The Bertz CT molecular complexity index is 712. The van der Waals surface area contributed by atoms with Gasteiger partial charge in [-0.15, -0.1) is 0 Å². The molecule has 0 aromatic heterocycles. The summed E-state index contributed by atoms with van der Waals surface area (Å²) in [6.07, 6.45) is 1.20. The first kappa shape index (κ1) is 19.6. The molecule has 0 saturated heterocycles. The van der Waals surface area contributed by atoms with Crippen LogP contribution in [0.5, 0.6) is 17.2 Å². The number of rotatable bonds is 9. The normalized spacial score (nSPS) is 11.5. The average Bonchev–Trinajstić information content (AvgIpc) is 2.67. The van der Waals surface area contributed by atoms with Crippen molar-refractivity contribution < 1.29 is 19.0 Å². The van der Waals surface area contributed by atoms with E-state index in [-0.39, 0.29) is 11.8 Å². The number of carbonyl (C=O) groups excluding carboxylic acids is 1. The van der Waals surface area contributed by atoms with Crippen molar-refractivity contribution >= 4 is 5.91 Å². The zero-order chi connectivity index (χ0) is 18.9. The summed E-state index contributed by atoms with van der Waals surface area (Å²) >= 11 is 0. The molecule has 2 rings (SSSR count). The van der Waals surface area contributed by atoms with Crippen molar-refractivity contribution in [3.63, 3.8) is 0 Å². The van der Waals surface area contributed by atoms with Crippen molar-refractivity contribution in [2.75, 3.05) is 27.9 Å². The van der Waals surface area contributed by atoms with Crippen molar-refractivity contribution in [3.05, 3.63) is 53.6 Å². The van der Waals surface area contributed by atoms with E-state index in [1.165, 1.54) is 0 Å². The minimum atomic E-state index is 0.0314. The highest BCUT2D eigenvalue weighted by Crippen LogP contribution is 2.32. The summed E-state index contributed by atoms with van der Waals surface area (Å²) in [4.78, 5) is 12.2. The molecule has 140 valence electrons. The minimum Gasteiger partial charge on any atom is -0.497 e. The highest BCUT2D eigenvalue weighted by molar-refractivity contribution is 5.77. The molecule has 5 nitrogen and oxygen atoms in total. The molecule has 1 atom stereocenters. The molecule has 2 aromatic rings. The number of hydrogen-bond acceptors (Lipinski definition) is 4. The number of carbonyl (C=O) groups is 1. The van der Waals surface area contributed by atoms with Gasteiger partial charge in [-0.2, -0.15) is 0 Å². The molecular formula is C21H27NO4. The molecule has 1 unspecified atom stereocenters. The summed E-state index contributed by atoms with van der Waals surface area (Å²) in [7, 11) is 4.89. The Balaban J connectivity index is 1.84. The quantitative estimate of drug-likeness (QED) is 0.745. The lowest BCUT2D eigenvalue weighted by atomic mass is 9.96. The Kier molecular flexibility index (Phi) is 7.33. The molecule has 0 fully saturated rings. The molecule has 0 aliphatic rings. The van der Waals surface area contributed by atoms with E-state index in [0.717, 1.165) is 34.8 Å². The van der Waals surface area contributed by atoms with Crippen LogP contribution >= 0.6 is 0 Å². The maximum Gasteiger partial charge on any atom is 0.220 e. The van der Waals surface area contributed by atoms with Gasteiger partial charge in [0, 0.05) is 19.0 Å². The fourth-order valence-electron chi connectivity index (χ4n) is 2.82. The number of amides is 1. The summed E-state index contributed by atoms with van der Waals surface area (Å²) in [5.74, 6) is 2.39. The summed E-state index contributed by atoms with van der Waals surface area (Å²) in [5.41, 5.74) is 2.16. The van der Waals surface area contributed by atoms with Gasteiger partial charge in [0.05, 0.1) is 21.3 Å². The van der Waals surface area contributed by atoms with Crippen molar-refractivity contribution in [3.8, 4) is 17.2 Å². The van der Waals surface area contributed by atoms with Crippen LogP contribution in [-0.2, 0) is 11.2 Å². The third-order valence-corrected chi connectivity index (χ3v) is 4.36. The molecule has 2 aromatic carbocycles. The number of nitrogens with one attached hydrogen (secondary N) is 1. The number of benzene rings is 2. The summed E-state index contributed by atoms with van der Waals surface area (Å²) < 4.78 is 15.8. The maximum absolute atomic E-state index is 12.2. The van der Waals surface area contributed by atoms with E-state index >= 15 is 0 Å². The molecule has 0 aliphatic carbocycles. The van der Waals surface area contributed by atoms with Crippen LogP contribution in [0.2, 0.25) is 0 Å². The summed E-state index contributed by atoms with van der Waals surface area (Å²) in [5, 5.41) is 2.98. The lowest BCUT2D eigenvalue weighted by Crippen LogP contribution is -2.26. The van der Waals surface area contributed by atoms with Crippen LogP contribution in [0.25, 0.3) is 0 Å². The standard InChI is InChI=1S/C21H27NO4/c1-15(19-10-9-18(25-3)14-20(19)26-4)13-21(23)22-12-11-16-5-7-17(24-2)8-6-16/h5-10,14-15H,11-13H2,1-4H3,(H,22,23). The zero-order valence-electron chi connectivity index (χ0n) is 15.9. The van der Waals surface area contributed by atoms with E-state index in [0.29, 0.717) is 13.0 Å². The van der Waals surface area contributed by atoms with Gasteiger partial charge < -0.3 is 19.5 Å². The van der Waals surface area contributed by atoms with E-state index in [2.05, 4.69) is 5.32 Å². The van der Waals surface area contributed by atoms with Gasteiger partial charge in [-0.1, -0.05) is 25.1 Å². The zero-order valence-corrected chi connectivity index (χ0v) is 15.9. The van der Waals surface area contributed by atoms with Gasteiger partial charge in [0.15, 0.2) is 0 Å².